The molecule has 2 nitrogen and oxygen atoms in total. The molecule has 0 N–H and O–H groups in total. The summed E-state index contributed by atoms with van der Waals surface area (Å²) >= 11 is 1.41. The van der Waals surface area contributed by atoms with Gasteiger partial charge in [-0.25, -0.2) is 0 Å². The number of hydrogen-bond acceptors (Lipinski definition) is 3. The molecular weight excluding hydrogens is 256 g/mol. The Hall–Kier alpha value is -1.61. The van der Waals surface area contributed by atoms with Crippen LogP contribution in [-0.4, -0.2) is 12.9 Å². The summed E-state index contributed by atoms with van der Waals surface area (Å²) in [5.41, 5.74) is 2.03. The first kappa shape index (κ1) is 13.8. The number of benzene rings is 1. The van der Waals surface area contributed by atoms with Crippen molar-refractivity contribution in [3.05, 3.63) is 51.7 Å². The summed E-state index contributed by atoms with van der Waals surface area (Å²) in [7, 11) is 1.58. The maximum atomic E-state index is 12.4. The molecule has 3 heteroatoms. The van der Waals surface area contributed by atoms with Gasteiger partial charge in [-0.05, 0) is 22.4 Å². The molecule has 0 aliphatic rings. The number of hydrogen-bond donors (Lipinski definition) is 0. The van der Waals surface area contributed by atoms with E-state index < -0.39 is 0 Å². The largest absolute Gasteiger partial charge is 0.495 e. The third-order valence-corrected chi connectivity index (χ3v) is 3.96. The lowest BCUT2D eigenvalue weighted by Crippen LogP contribution is -2.11. The van der Waals surface area contributed by atoms with E-state index in [-0.39, 0.29) is 11.2 Å². The Morgan fingerprint density at radius 1 is 1.11 bits per heavy atom. The molecule has 100 valence electrons. The highest BCUT2D eigenvalue weighted by Crippen LogP contribution is 2.28. The summed E-state index contributed by atoms with van der Waals surface area (Å²) in [4.78, 5) is 13.0. The lowest BCUT2D eigenvalue weighted by molar-refractivity contribution is 0.104. The van der Waals surface area contributed by atoms with Crippen molar-refractivity contribution >= 4 is 17.1 Å². The average molecular weight is 274 g/mol. The molecule has 0 aliphatic heterocycles. The summed E-state index contributed by atoms with van der Waals surface area (Å²) < 4.78 is 5.20. The summed E-state index contributed by atoms with van der Waals surface area (Å²) in [6.07, 6.45) is 0. The highest BCUT2D eigenvalue weighted by atomic mass is 32.1. The van der Waals surface area contributed by atoms with Gasteiger partial charge in [0.2, 0.25) is 5.78 Å². The molecule has 0 radical (unpaired) electrons. The zero-order chi connectivity index (χ0) is 14.0. The second-order valence-corrected chi connectivity index (χ2v) is 6.39. The zero-order valence-corrected chi connectivity index (χ0v) is 12.5. The van der Waals surface area contributed by atoms with Gasteiger partial charge in [0.15, 0.2) is 0 Å². The number of rotatable bonds is 3. The third-order valence-electron chi connectivity index (χ3n) is 3.07. The average Bonchev–Trinajstić information content (AvgIpc) is 2.85. The van der Waals surface area contributed by atoms with Gasteiger partial charge in [-0.2, -0.15) is 0 Å². The van der Waals surface area contributed by atoms with Crippen LogP contribution in [0.2, 0.25) is 0 Å². The van der Waals surface area contributed by atoms with Crippen LogP contribution in [0.5, 0.6) is 5.75 Å². The van der Waals surface area contributed by atoms with Gasteiger partial charge in [-0.15, -0.1) is 11.3 Å². The standard InChI is InChI=1S/C16H18O2S/c1-16(2,3)12-7-5-11(6-8-12)14(17)15-13(18-4)9-10-19-15/h5-10H,1-4H3. The molecule has 19 heavy (non-hydrogen) atoms. The fraction of sp³-hybridized carbons (Fsp3) is 0.312. The molecule has 0 spiro atoms. The topological polar surface area (TPSA) is 26.3 Å². The lowest BCUT2D eigenvalue weighted by atomic mass is 9.86. The van der Waals surface area contributed by atoms with Gasteiger partial charge >= 0.3 is 0 Å². The second kappa shape index (κ2) is 5.17. The number of carbonyl (C=O) groups excluding carboxylic acids is 1. The Morgan fingerprint density at radius 2 is 1.74 bits per heavy atom. The van der Waals surface area contributed by atoms with E-state index in [0.29, 0.717) is 16.2 Å². The number of ketones is 1. The van der Waals surface area contributed by atoms with Crippen molar-refractivity contribution in [3.8, 4) is 5.75 Å². The SMILES string of the molecule is COc1ccsc1C(=O)c1ccc(C(C)(C)C)cc1. The minimum absolute atomic E-state index is 0.0207. The molecule has 1 aromatic carbocycles. The van der Waals surface area contributed by atoms with Crippen LogP contribution in [0.1, 0.15) is 41.6 Å². The smallest absolute Gasteiger partial charge is 0.206 e. The van der Waals surface area contributed by atoms with E-state index in [0.717, 1.165) is 0 Å². The van der Waals surface area contributed by atoms with Gasteiger partial charge in [-0.3, -0.25) is 4.79 Å². The van der Waals surface area contributed by atoms with Gasteiger partial charge in [0.1, 0.15) is 10.6 Å². The number of methoxy groups -OCH3 is 1. The second-order valence-electron chi connectivity index (χ2n) is 5.47. The molecular formula is C16H18O2S. The van der Waals surface area contributed by atoms with Crippen LogP contribution in [0, 0.1) is 0 Å². The highest BCUT2D eigenvalue weighted by Gasteiger charge is 2.18. The van der Waals surface area contributed by atoms with E-state index in [2.05, 4.69) is 20.8 Å². The van der Waals surface area contributed by atoms with Crippen molar-refractivity contribution in [1.82, 2.24) is 0 Å². The zero-order valence-electron chi connectivity index (χ0n) is 11.7. The molecule has 0 fully saturated rings. The Bertz CT molecular complexity index is 574. The fourth-order valence-electron chi connectivity index (χ4n) is 1.88. The summed E-state index contributed by atoms with van der Waals surface area (Å²) in [6, 6.07) is 9.65. The minimum atomic E-state index is 0.0207. The Balaban J connectivity index is 2.30. The number of thiophene rings is 1. The Kier molecular flexibility index (Phi) is 3.76. The Morgan fingerprint density at radius 3 is 2.26 bits per heavy atom. The van der Waals surface area contributed by atoms with Gasteiger partial charge < -0.3 is 4.74 Å². The molecule has 0 unspecified atom stereocenters. The number of ether oxygens (including phenoxy) is 1. The van der Waals surface area contributed by atoms with Crippen molar-refractivity contribution in [2.75, 3.05) is 7.11 Å². The fourth-order valence-corrected chi connectivity index (χ4v) is 2.70. The lowest BCUT2D eigenvalue weighted by Gasteiger charge is -2.18. The molecule has 2 aromatic rings. The molecule has 0 bridgehead atoms. The Labute approximate surface area is 118 Å². The molecule has 0 aliphatic carbocycles. The normalized spacial score (nSPS) is 11.4. The van der Waals surface area contributed by atoms with E-state index in [9.17, 15) is 4.79 Å². The molecule has 1 aromatic heterocycles. The molecule has 1 heterocycles. The van der Waals surface area contributed by atoms with E-state index in [1.807, 2.05) is 35.7 Å². The number of carbonyl (C=O) groups is 1. The first-order valence-electron chi connectivity index (χ1n) is 6.20. The quantitative estimate of drug-likeness (QED) is 0.781. The van der Waals surface area contributed by atoms with E-state index >= 15 is 0 Å². The van der Waals surface area contributed by atoms with Crippen molar-refractivity contribution in [3.63, 3.8) is 0 Å². The summed E-state index contributed by atoms with van der Waals surface area (Å²) in [5.74, 6) is 0.669. The van der Waals surface area contributed by atoms with Crippen molar-refractivity contribution in [1.29, 1.82) is 0 Å². The van der Waals surface area contributed by atoms with Crippen LogP contribution < -0.4 is 4.74 Å². The van der Waals surface area contributed by atoms with Crippen LogP contribution in [0.25, 0.3) is 0 Å². The van der Waals surface area contributed by atoms with Gasteiger partial charge in [0.25, 0.3) is 0 Å². The maximum Gasteiger partial charge on any atom is 0.206 e. The predicted molar refractivity (Wildman–Crippen MR) is 79.4 cm³/mol. The molecule has 2 rings (SSSR count). The van der Waals surface area contributed by atoms with E-state index in [1.54, 1.807) is 7.11 Å². The van der Waals surface area contributed by atoms with E-state index in [4.69, 9.17) is 4.74 Å². The van der Waals surface area contributed by atoms with Crippen LogP contribution in [0.4, 0.5) is 0 Å². The highest BCUT2D eigenvalue weighted by molar-refractivity contribution is 7.12. The third kappa shape index (κ3) is 2.87. The monoisotopic (exact) mass is 274 g/mol. The van der Waals surface area contributed by atoms with Crippen LogP contribution in [0.15, 0.2) is 35.7 Å². The van der Waals surface area contributed by atoms with E-state index in [1.165, 1.54) is 16.9 Å². The molecule has 0 atom stereocenters. The summed E-state index contributed by atoms with van der Waals surface area (Å²) in [6.45, 7) is 6.48. The van der Waals surface area contributed by atoms with Crippen molar-refractivity contribution in [2.24, 2.45) is 0 Å². The van der Waals surface area contributed by atoms with Crippen LogP contribution >= 0.6 is 11.3 Å². The minimum Gasteiger partial charge on any atom is -0.495 e. The van der Waals surface area contributed by atoms with Crippen molar-refractivity contribution in [2.45, 2.75) is 26.2 Å². The van der Waals surface area contributed by atoms with Gasteiger partial charge in [0, 0.05) is 5.56 Å². The van der Waals surface area contributed by atoms with Crippen LogP contribution in [0.3, 0.4) is 0 Å². The van der Waals surface area contributed by atoms with Gasteiger partial charge in [0.05, 0.1) is 7.11 Å². The predicted octanol–water partition coefficient (Wildman–Crippen LogP) is 4.29. The molecule has 0 saturated carbocycles. The maximum absolute atomic E-state index is 12.4. The van der Waals surface area contributed by atoms with Crippen molar-refractivity contribution < 1.29 is 9.53 Å². The molecule has 0 saturated heterocycles. The van der Waals surface area contributed by atoms with Crippen LogP contribution in [-0.2, 0) is 5.41 Å². The first-order valence-corrected chi connectivity index (χ1v) is 7.08. The molecule has 0 amide bonds. The summed E-state index contributed by atoms with van der Waals surface area (Å²) in [5, 5.41) is 1.87. The first-order chi connectivity index (χ1) is 8.93. The van der Waals surface area contributed by atoms with Gasteiger partial charge in [-0.1, -0.05) is 45.0 Å².